The highest BCUT2D eigenvalue weighted by Crippen LogP contribution is 2.36. The maximum atomic E-state index is 2.27. The zero-order valence-electron chi connectivity index (χ0n) is 8.69. The van der Waals surface area contributed by atoms with Gasteiger partial charge in [0.05, 0.1) is 0 Å². The van der Waals surface area contributed by atoms with E-state index in [1.807, 2.05) is 0 Å². The zero-order valence-corrected chi connectivity index (χ0v) is 8.69. The molecular formula is C15H14. The van der Waals surface area contributed by atoms with Crippen LogP contribution in [0.15, 0.2) is 54.6 Å². The molecule has 0 N–H and O–H groups in total. The number of benzene rings is 2. The summed E-state index contributed by atoms with van der Waals surface area (Å²) in [5.41, 5.74) is 4.55. The Morgan fingerprint density at radius 2 is 1.60 bits per heavy atom. The first-order valence-corrected chi connectivity index (χ1v) is 5.55. The molecule has 15 heavy (non-hydrogen) atoms. The number of hydrogen-bond donors (Lipinski definition) is 0. The summed E-state index contributed by atoms with van der Waals surface area (Å²) in [6, 6.07) is 19.6. The van der Waals surface area contributed by atoms with Gasteiger partial charge in [-0.3, -0.25) is 0 Å². The van der Waals surface area contributed by atoms with Crippen LogP contribution in [0.4, 0.5) is 0 Å². The van der Waals surface area contributed by atoms with E-state index in [0.717, 1.165) is 5.92 Å². The van der Waals surface area contributed by atoms with Crippen molar-refractivity contribution < 1.29 is 0 Å². The molecule has 0 nitrogen and oxygen atoms in total. The van der Waals surface area contributed by atoms with Gasteiger partial charge < -0.3 is 0 Å². The average Bonchev–Trinajstić information content (AvgIpc) is 2.27. The fourth-order valence-corrected chi connectivity index (χ4v) is 2.44. The monoisotopic (exact) mass is 194 g/mol. The predicted molar refractivity (Wildman–Crippen MR) is 63.0 cm³/mol. The largest absolute Gasteiger partial charge is 0.0622 e. The van der Waals surface area contributed by atoms with Gasteiger partial charge in [-0.05, 0) is 35.4 Å². The molecule has 3 rings (SSSR count). The Balaban J connectivity index is 1.79. The molecule has 0 saturated carbocycles. The Hall–Kier alpha value is -1.56. The summed E-state index contributed by atoms with van der Waals surface area (Å²) >= 11 is 0. The van der Waals surface area contributed by atoms with Crippen molar-refractivity contribution >= 4 is 0 Å². The minimum absolute atomic E-state index is 0.753. The summed E-state index contributed by atoms with van der Waals surface area (Å²) in [5, 5.41) is 0. The molecule has 0 saturated heterocycles. The Bertz CT molecular complexity index is 456. The summed E-state index contributed by atoms with van der Waals surface area (Å²) in [5.74, 6) is 0.753. The van der Waals surface area contributed by atoms with Gasteiger partial charge >= 0.3 is 0 Å². The molecule has 2 aromatic rings. The molecule has 0 unspecified atom stereocenters. The smallest absolute Gasteiger partial charge is 0.00782 e. The van der Waals surface area contributed by atoms with Crippen LogP contribution in [-0.4, -0.2) is 0 Å². The van der Waals surface area contributed by atoms with Gasteiger partial charge in [0.2, 0.25) is 0 Å². The number of rotatable bonds is 2. The van der Waals surface area contributed by atoms with E-state index in [1.54, 1.807) is 11.1 Å². The van der Waals surface area contributed by atoms with Gasteiger partial charge in [-0.15, -0.1) is 0 Å². The van der Waals surface area contributed by atoms with Gasteiger partial charge in [0.25, 0.3) is 0 Å². The van der Waals surface area contributed by atoms with Gasteiger partial charge in [-0.2, -0.15) is 0 Å². The first kappa shape index (κ1) is 8.72. The molecule has 74 valence electrons. The highest BCUT2D eigenvalue weighted by Gasteiger charge is 2.24. The van der Waals surface area contributed by atoms with E-state index >= 15 is 0 Å². The summed E-state index contributed by atoms with van der Waals surface area (Å²) in [7, 11) is 0. The summed E-state index contributed by atoms with van der Waals surface area (Å²) in [6.45, 7) is 0. The van der Waals surface area contributed by atoms with Gasteiger partial charge in [-0.1, -0.05) is 54.6 Å². The summed E-state index contributed by atoms with van der Waals surface area (Å²) < 4.78 is 0. The quantitative estimate of drug-likeness (QED) is 0.685. The molecule has 0 heteroatoms. The first-order chi connectivity index (χ1) is 7.43. The van der Waals surface area contributed by atoms with E-state index in [2.05, 4.69) is 54.6 Å². The third-order valence-corrected chi connectivity index (χ3v) is 3.29. The highest BCUT2D eigenvalue weighted by atomic mass is 14.3. The average molecular weight is 194 g/mol. The first-order valence-electron chi connectivity index (χ1n) is 5.55. The van der Waals surface area contributed by atoms with Crippen LogP contribution in [0.3, 0.4) is 0 Å². The van der Waals surface area contributed by atoms with Crippen LogP contribution >= 0.6 is 0 Å². The Labute approximate surface area is 90.6 Å². The van der Waals surface area contributed by atoms with Crippen molar-refractivity contribution in [1.82, 2.24) is 0 Å². The maximum absolute atomic E-state index is 2.27. The third kappa shape index (κ3) is 1.56. The second kappa shape index (κ2) is 3.54. The van der Waals surface area contributed by atoms with Crippen LogP contribution in [-0.2, 0) is 12.8 Å². The molecule has 0 aromatic heterocycles. The molecule has 0 aliphatic heterocycles. The molecule has 0 bridgehead atoms. The lowest BCUT2D eigenvalue weighted by Gasteiger charge is -2.30. The topological polar surface area (TPSA) is 0 Å². The van der Waals surface area contributed by atoms with Crippen LogP contribution in [0.5, 0.6) is 0 Å². The Morgan fingerprint density at radius 1 is 0.867 bits per heavy atom. The molecule has 0 spiro atoms. The lowest BCUT2D eigenvalue weighted by Crippen LogP contribution is -2.18. The second-order valence-electron chi connectivity index (χ2n) is 4.29. The van der Waals surface area contributed by atoms with Crippen LogP contribution in [0, 0.1) is 0 Å². The minimum Gasteiger partial charge on any atom is -0.0622 e. The molecule has 1 aliphatic rings. The predicted octanol–water partition coefficient (Wildman–Crippen LogP) is 3.57. The van der Waals surface area contributed by atoms with Crippen LogP contribution < -0.4 is 0 Å². The van der Waals surface area contributed by atoms with E-state index in [9.17, 15) is 0 Å². The normalized spacial score (nSPS) is 18.0. The van der Waals surface area contributed by atoms with Gasteiger partial charge in [-0.25, -0.2) is 0 Å². The fraction of sp³-hybridized carbons (Fsp3) is 0.200. The maximum Gasteiger partial charge on any atom is -0.00782 e. The molecule has 0 fully saturated rings. The van der Waals surface area contributed by atoms with Crippen LogP contribution in [0.1, 0.15) is 22.6 Å². The van der Waals surface area contributed by atoms with E-state index in [1.165, 1.54) is 18.4 Å². The van der Waals surface area contributed by atoms with E-state index in [0.29, 0.717) is 0 Å². The Kier molecular flexibility index (Phi) is 2.06. The molecule has 0 radical (unpaired) electrons. The lowest BCUT2D eigenvalue weighted by molar-refractivity contribution is 0.604. The number of fused-ring (bicyclic) bond motifs is 1. The second-order valence-corrected chi connectivity index (χ2v) is 4.29. The SMILES string of the molecule is c1ccc(C[C@H]2Cc3ccccc32)cc1. The van der Waals surface area contributed by atoms with Crippen molar-refractivity contribution in [1.29, 1.82) is 0 Å². The third-order valence-electron chi connectivity index (χ3n) is 3.29. The fourth-order valence-electron chi connectivity index (χ4n) is 2.44. The number of hydrogen-bond acceptors (Lipinski definition) is 0. The zero-order chi connectivity index (χ0) is 10.1. The minimum atomic E-state index is 0.753. The molecular weight excluding hydrogens is 180 g/mol. The summed E-state index contributed by atoms with van der Waals surface area (Å²) in [6.07, 6.45) is 2.45. The molecule has 0 amide bonds. The van der Waals surface area contributed by atoms with Gasteiger partial charge in [0.15, 0.2) is 0 Å². The van der Waals surface area contributed by atoms with Crippen molar-refractivity contribution in [3.63, 3.8) is 0 Å². The van der Waals surface area contributed by atoms with Crippen LogP contribution in [0.25, 0.3) is 0 Å². The molecule has 1 atom stereocenters. The van der Waals surface area contributed by atoms with Crippen molar-refractivity contribution in [2.24, 2.45) is 0 Å². The van der Waals surface area contributed by atoms with E-state index in [-0.39, 0.29) is 0 Å². The van der Waals surface area contributed by atoms with Crippen molar-refractivity contribution in [2.75, 3.05) is 0 Å². The van der Waals surface area contributed by atoms with E-state index in [4.69, 9.17) is 0 Å². The lowest BCUT2D eigenvalue weighted by atomic mass is 9.74. The Morgan fingerprint density at radius 3 is 2.40 bits per heavy atom. The van der Waals surface area contributed by atoms with Gasteiger partial charge in [0, 0.05) is 0 Å². The summed E-state index contributed by atoms with van der Waals surface area (Å²) in [4.78, 5) is 0. The van der Waals surface area contributed by atoms with Crippen molar-refractivity contribution in [3.8, 4) is 0 Å². The standard InChI is InChI=1S/C15H14/c1-2-6-12(7-3-1)10-14-11-13-8-4-5-9-15(13)14/h1-9,14H,10-11H2/t14-/m0/s1. The molecule has 2 aromatic carbocycles. The van der Waals surface area contributed by atoms with Crippen LogP contribution in [0.2, 0.25) is 0 Å². The van der Waals surface area contributed by atoms with Crippen molar-refractivity contribution in [3.05, 3.63) is 71.3 Å². The highest BCUT2D eigenvalue weighted by molar-refractivity contribution is 5.41. The van der Waals surface area contributed by atoms with Crippen molar-refractivity contribution in [2.45, 2.75) is 18.8 Å². The molecule has 1 aliphatic carbocycles. The molecule has 0 heterocycles. The van der Waals surface area contributed by atoms with Gasteiger partial charge in [0.1, 0.15) is 0 Å². The van der Waals surface area contributed by atoms with E-state index < -0.39 is 0 Å².